The van der Waals surface area contributed by atoms with Gasteiger partial charge in [-0.25, -0.2) is 0 Å². The van der Waals surface area contributed by atoms with Crippen LogP contribution in [-0.4, -0.2) is 44.2 Å². The minimum Gasteiger partial charge on any atom is -0.468 e. The van der Waals surface area contributed by atoms with Crippen LogP contribution < -0.4 is 4.90 Å². The number of esters is 2. The van der Waals surface area contributed by atoms with E-state index in [1.54, 1.807) is 0 Å². The molecule has 0 aliphatic carbocycles. The molecule has 1 aromatic carbocycles. The zero-order chi connectivity index (χ0) is 16.0. The number of methoxy groups -OCH3 is 2. The van der Waals surface area contributed by atoms with Crippen LogP contribution in [0.15, 0.2) is 22.7 Å². The summed E-state index contributed by atoms with van der Waals surface area (Å²) in [6.07, 6.45) is 0. The molecule has 21 heavy (non-hydrogen) atoms. The van der Waals surface area contributed by atoms with Gasteiger partial charge in [-0.15, -0.1) is 0 Å². The van der Waals surface area contributed by atoms with Crippen LogP contribution in [0.3, 0.4) is 0 Å². The van der Waals surface area contributed by atoms with Gasteiger partial charge >= 0.3 is 11.9 Å². The predicted octanol–water partition coefficient (Wildman–Crippen LogP) is 1.51. The molecule has 0 atom stereocenters. The van der Waals surface area contributed by atoms with Crippen LogP contribution in [0.4, 0.5) is 11.4 Å². The number of carbonyl (C=O) groups is 2. The Morgan fingerprint density at radius 2 is 1.76 bits per heavy atom. The second-order valence-corrected chi connectivity index (χ2v) is 4.76. The van der Waals surface area contributed by atoms with Crippen LogP contribution >= 0.6 is 15.9 Å². The number of ether oxygens (including phenoxy) is 2. The van der Waals surface area contributed by atoms with Crippen molar-refractivity contribution in [3.8, 4) is 0 Å². The molecule has 9 heteroatoms. The zero-order valence-electron chi connectivity index (χ0n) is 11.4. The van der Waals surface area contributed by atoms with Crippen molar-refractivity contribution in [3.05, 3.63) is 32.8 Å². The second kappa shape index (κ2) is 7.58. The maximum atomic E-state index is 11.4. The summed E-state index contributed by atoms with van der Waals surface area (Å²) in [5.41, 5.74) is 0.332. The van der Waals surface area contributed by atoms with E-state index >= 15 is 0 Å². The molecule has 0 heterocycles. The highest BCUT2D eigenvalue weighted by Gasteiger charge is 2.20. The highest BCUT2D eigenvalue weighted by molar-refractivity contribution is 9.10. The first-order valence-electron chi connectivity index (χ1n) is 5.71. The summed E-state index contributed by atoms with van der Waals surface area (Å²) in [6, 6.07) is 4.01. The van der Waals surface area contributed by atoms with Crippen molar-refractivity contribution in [3.63, 3.8) is 0 Å². The number of rotatable bonds is 6. The van der Waals surface area contributed by atoms with E-state index in [0.717, 1.165) is 0 Å². The molecular formula is C12H13BrN2O6. The largest absolute Gasteiger partial charge is 0.468 e. The van der Waals surface area contributed by atoms with Gasteiger partial charge in [0, 0.05) is 16.6 Å². The first-order valence-corrected chi connectivity index (χ1v) is 6.50. The van der Waals surface area contributed by atoms with Gasteiger partial charge in [0.1, 0.15) is 13.1 Å². The summed E-state index contributed by atoms with van der Waals surface area (Å²) in [6.45, 7) is -0.385. The number of hydrogen-bond acceptors (Lipinski definition) is 7. The number of carbonyl (C=O) groups excluding carboxylic acids is 2. The molecule has 0 fully saturated rings. The van der Waals surface area contributed by atoms with Crippen molar-refractivity contribution >= 4 is 39.2 Å². The lowest BCUT2D eigenvalue weighted by Gasteiger charge is -2.23. The summed E-state index contributed by atoms with van der Waals surface area (Å²) in [4.78, 5) is 34.4. The van der Waals surface area contributed by atoms with Gasteiger partial charge < -0.3 is 14.4 Å². The number of benzene rings is 1. The Morgan fingerprint density at radius 1 is 1.24 bits per heavy atom. The number of halogens is 1. The van der Waals surface area contributed by atoms with Gasteiger partial charge in [-0.2, -0.15) is 0 Å². The van der Waals surface area contributed by atoms with Gasteiger partial charge in [0.2, 0.25) is 0 Å². The third-order valence-corrected chi connectivity index (χ3v) is 3.21. The number of nitro benzene ring substituents is 1. The standard InChI is InChI=1S/C12H13BrN2O6/c1-20-11(16)6-14(7-12(17)21-2)10-4-3-8(15(18)19)5-9(10)13/h3-5H,6-7H2,1-2H3. The smallest absolute Gasteiger partial charge is 0.325 e. The predicted molar refractivity (Wildman–Crippen MR) is 77.0 cm³/mol. The number of nitrogens with zero attached hydrogens (tertiary/aromatic N) is 2. The lowest BCUT2D eigenvalue weighted by molar-refractivity contribution is -0.384. The maximum absolute atomic E-state index is 11.4. The molecule has 0 spiro atoms. The van der Waals surface area contributed by atoms with Gasteiger partial charge in [0.25, 0.3) is 5.69 Å². The number of anilines is 1. The van der Waals surface area contributed by atoms with Gasteiger partial charge in [-0.3, -0.25) is 19.7 Å². The maximum Gasteiger partial charge on any atom is 0.325 e. The highest BCUT2D eigenvalue weighted by Crippen LogP contribution is 2.30. The molecule has 0 saturated carbocycles. The van der Waals surface area contributed by atoms with Gasteiger partial charge in [0.15, 0.2) is 0 Å². The molecule has 0 bridgehead atoms. The summed E-state index contributed by atoms with van der Waals surface area (Å²) in [7, 11) is 2.45. The fourth-order valence-corrected chi connectivity index (χ4v) is 2.15. The van der Waals surface area contributed by atoms with Gasteiger partial charge in [-0.1, -0.05) is 0 Å². The van der Waals surface area contributed by atoms with E-state index in [0.29, 0.717) is 10.2 Å². The van der Waals surface area contributed by atoms with E-state index in [1.807, 2.05) is 0 Å². The van der Waals surface area contributed by atoms with Gasteiger partial charge in [0.05, 0.1) is 24.8 Å². The molecule has 0 saturated heterocycles. The minimum atomic E-state index is -0.552. The lowest BCUT2D eigenvalue weighted by atomic mass is 10.2. The molecule has 1 aromatic rings. The topological polar surface area (TPSA) is 99.0 Å². The van der Waals surface area contributed by atoms with E-state index < -0.39 is 16.9 Å². The number of hydrogen-bond donors (Lipinski definition) is 0. The molecule has 0 unspecified atom stereocenters. The van der Waals surface area contributed by atoms with E-state index in [9.17, 15) is 19.7 Å². The van der Waals surface area contributed by atoms with Crippen LogP contribution in [0, 0.1) is 10.1 Å². The molecule has 114 valence electrons. The van der Waals surface area contributed by atoms with E-state index in [4.69, 9.17) is 0 Å². The third kappa shape index (κ3) is 4.71. The minimum absolute atomic E-state index is 0.110. The zero-order valence-corrected chi connectivity index (χ0v) is 13.0. The van der Waals surface area contributed by atoms with Crippen molar-refractivity contribution in [2.24, 2.45) is 0 Å². The second-order valence-electron chi connectivity index (χ2n) is 3.90. The molecule has 0 amide bonds. The summed E-state index contributed by atoms with van der Waals surface area (Å²) in [5.74, 6) is -1.10. The van der Waals surface area contributed by atoms with Crippen molar-refractivity contribution in [1.29, 1.82) is 0 Å². The number of nitro groups is 1. The van der Waals surface area contributed by atoms with Crippen molar-refractivity contribution in [2.75, 3.05) is 32.2 Å². The van der Waals surface area contributed by atoms with Crippen molar-refractivity contribution < 1.29 is 24.0 Å². The SMILES string of the molecule is COC(=O)CN(CC(=O)OC)c1ccc([N+](=O)[O-])cc1Br. The Balaban J connectivity index is 3.09. The van der Waals surface area contributed by atoms with E-state index in [1.165, 1.54) is 37.3 Å². The Kier molecular flexibility index (Phi) is 6.10. The van der Waals surface area contributed by atoms with Crippen LogP contribution in [0.2, 0.25) is 0 Å². The van der Waals surface area contributed by atoms with E-state index in [2.05, 4.69) is 25.4 Å². The molecule has 0 aromatic heterocycles. The normalized spacial score (nSPS) is 9.86. The van der Waals surface area contributed by atoms with E-state index in [-0.39, 0.29) is 18.8 Å². The Hall–Kier alpha value is -2.16. The summed E-state index contributed by atoms with van der Waals surface area (Å²) in [5, 5.41) is 10.7. The molecule has 1 rings (SSSR count). The summed E-state index contributed by atoms with van der Waals surface area (Å²) >= 11 is 3.19. The van der Waals surface area contributed by atoms with Crippen molar-refractivity contribution in [1.82, 2.24) is 0 Å². The number of non-ortho nitro benzene ring substituents is 1. The Morgan fingerprint density at radius 3 is 2.14 bits per heavy atom. The fourth-order valence-electron chi connectivity index (χ4n) is 1.53. The monoisotopic (exact) mass is 360 g/mol. The molecule has 8 nitrogen and oxygen atoms in total. The van der Waals surface area contributed by atoms with Gasteiger partial charge in [-0.05, 0) is 22.0 Å². The average Bonchev–Trinajstić information content (AvgIpc) is 2.45. The van der Waals surface area contributed by atoms with Crippen LogP contribution in [0.5, 0.6) is 0 Å². The molecule has 0 radical (unpaired) electrons. The van der Waals surface area contributed by atoms with Crippen molar-refractivity contribution in [2.45, 2.75) is 0 Å². The fraction of sp³-hybridized carbons (Fsp3) is 0.333. The average molecular weight is 361 g/mol. The molecule has 0 N–H and O–H groups in total. The molecular weight excluding hydrogens is 348 g/mol. The first kappa shape index (κ1) is 16.9. The molecule has 0 aliphatic heterocycles. The molecule has 0 aliphatic rings. The Bertz CT molecular complexity index is 545. The van der Waals surface area contributed by atoms with Crippen LogP contribution in [0.25, 0.3) is 0 Å². The lowest BCUT2D eigenvalue weighted by Crippen LogP contribution is -2.35. The summed E-state index contributed by atoms with van der Waals surface area (Å²) < 4.78 is 9.51. The Labute approximate surface area is 128 Å². The highest BCUT2D eigenvalue weighted by atomic mass is 79.9. The quantitative estimate of drug-likeness (QED) is 0.430. The van der Waals surface area contributed by atoms with Crippen LogP contribution in [-0.2, 0) is 19.1 Å². The first-order chi connectivity index (χ1) is 9.88. The third-order valence-electron chi connectivity index (χ3n) is 2.58. The van der Waals surface area contributed by atoms with Crippen LogP contribution in [0.1, 0.15) is 0 Å².